The van der Waals surface area contributed by atoms with Gasteiger partial charge in [0.15, 0.2) is 17.6 Å². The van der Waals surface area contributed by atoms with Crippen LogP contribution in [-0.4, -0.2) is 19.3 Å². The van der Waals surface area contributed by atoms with E-state index < -0.39 is 0 Å². The number of nitrogens with two attached hydrogens (primary N) is 1. The third kappa shape index (κ3) is 3.00. The van der Waals surface area contributed by atoms with Gasteiger partial charge in [0.05, 0.1) is 11.6 Å². The number of benzene rings is 2. The highest BCUT2D eigenvalue weighted by molar-refractivity contribution is 5.52. The molecule has 2 aromatic carbocycles. The van der Waals surface area contributed by atoms with Crippen molar-refractivity contribution in [2.75, 3.05) is 18.9 Å². The molecule has 0 saturated carbocycles. The third-order valence-electron chi connectivity index (χ3n) is 3.11. The first-order valence-corrected chi connectivity index (χ1v) is 6.56. The number of nitriles is 1. The molecule has 1 aliphatic heterocycles. The number of hydrogen-bond donors (Lipinski definition) is 1. The van der Waals surface area contributed by atoms with E-state index >= 15 is 0 Å². The van der Waals surface area contributed by atoms with Crippen molar-refractivity contribution in [2.45, 2.75) is 6.10 Å². The molecule has 1 aliphatic rings. The SMILES string of the molecule is N#Cc1ccc(OC[C@H]2COc3cc(N)ccc3O2)cc1. The van der Waals surface area contributed by atoms with E-state index in [0.717, 1.165) is 0 Å². The standard InChI is InChI=1S/C16H14N2O3/c17-8-11-1-4-13(5-2-11)19-9-14-10-20-16-7-12(18)3-6-15(16)21-14/h1-7,14H,9-10,18H2/t14-/m0/s1. The van der Waals surface area contributed by atoms with Gasteiger partial charge in [-0.2, -0.15) is 5.26 Å². The topological polar surface area (TPSA) is 77.5 Å². The Morgan fingerprint density at radius 2 is 2.00 bits per heavy atom. The van der Waals surface area contributed by atoms with Crippen molar-refractivity contribution < 1.29 is 14.2 Å². The molecule has 0 saturated heterocycles. The van der Waals surface area contributed by atoms with Crippen molar-refractivity contribution in [1.82, 2.24) is 0 Å². The van der Waals surface area contributed by atoms with Crippen molar-refractivity contribution in [3.8, 4) is 23.3 Å². The molecule has 0 amide bonds. The van der Waals surface area contributed by atoms with Gasteiger partial charge in [0, 0.05) is 11.8 Å². The highest BCUT2D eigenvalue weighted by Gasteiger charge is 2.21. The molecule has 0 fully saturated rings. The smallest absolute Gasteiger partial charge is 0.166 e. The monoisotopic (exact) mass is 282 g/mol. The summed E-state index contributed by atoms with van der Waals surface area (Å²) in [6.45, 7) is 0.780. The number of anilines is 1. The van der Waals surface area contributed by atoms with Crippen molar-refractivity contribution in [1.29, 1.82) is 5.26 Å². The minimum atomic E-state index is -0.184. The predicted molar refractivity (Wildman–Crippen MR) is 77.4 cm³/mol. The zero-order chi connectivity index (χ0) is 14.7. The first-order chi connectivity index (χ1) is 10.2. The molecule has 5 nitrogen and oxygen atoms in total. The van der Waals surface area contributed by atoms with Crippen LogP contribution in [0.3, 0.4) is 0 Å². The lowest BCUT2D eigenvalue weighted by Gasteiger charge is -2.26. The van der Waals surface area contributed by atoms with Gasteiger partial charge in [-0.1, -0.05) is 0 Å². The summed E-state index contributed by atoms with van der Waals surface area (Å²) in [6.07, 6.45) is -0.184. The van der Waals surface area contributed by atoms with E-state index in [1.54, 1.807) is 42.5 Å². The molecule has 0 spiro atoms. The lowest BCUT2D eigenvalue weighted by molar-refractivity contribution is 0.0536. The van der Waals surface area contributed by atoms with Crippen LogP contribution in [0.2, 0.25) is 0 Å². The second kappa shape index (κ2) is 5.63. The van der Waals surface area contributed by atoms with Crippen LogP contribution >= 0.6 is 0 Å². The van der Waals surface area contributed by atoms with Crippen LogP contribution in [-0.2, 0) is 0 Å². The van der Waals surface area contributed by atoms with E-state index in [-0.39, 0.29) is 6.10 Å². The highest BCUT2D eigenvalue weighted by atomic mass is 16.6. The first-order valence-electron chi connectivity index (χ1n) is 6.56. The summed E-state index contributed by atoms with van der Waals surface area (Å²) >= 11 is 0. The molecule has 0 aromatic heterocycles. The maximum atomic E-state index is 8.74. The Morgan fingerprint density at radius 1 is 1.19 bits per heavy atom. The Bertz CT molecular complexity index is 677. The summed E-state index contributed by atoms with van der Waals surface area (Å²) in [6, 6.07) is 14.3. The molecule has 0 radical (unpaired) electrons. The van der Waals surface area contributed by atoms with E-state index in [1.807, 2.05) is 0 Å². The molecule has 5 heteroatoms. The van der Waals surface area contributed by atoms with Gasteiger partial charge in [-0.05, 0) is 36.4 Å². The predicted octanol–water partition coefficient (Wildman–Crippen LogP) is 2.36. The van der Waals surface area contributed by atoms with Crippen molar-refractivity contribution in [2.24, 2.45) is 0 Å². The summed E-state index contributed by atoms with van der Waals surface area (Å²) in [5.74, 6) is 2.02. The van der Waals surface area contributed by atoms with Gasteiger partial charge in [-0.25, -0.2) is 0 Å². The number of hydrogen-bond acceptors (Lipinski definition) is 5. The lowest BCUT2D eigenvalue weighted by Crippen LogP contribution is -2.34. The van der Waals surface area contributed by atoms with Crippen LogP contribution in [0.4, 0.5) is 5.69 Å². The fraction of sp³-hybridized carbons (Fsp3) is 0.188. The molecule has 21 heavy (non-hydrogen) atoms. The Morgan fingerprint density at radius 3 is 2.76 bits per heavy atom. The molecular formula is C16H14N2O3. The van der Waals surface area contributed by atoms with Crippen LogP contribution in [0, 0.1) is 11.3 Å². The van der Waals surface area contributed by atoms with Gasteiger partial charge >= 0.3 is 0 Å². The van der Waals surface area contributed by atoms with Crippen molar-refractivity contribution in [3.05, 3.63) is 48.0 Å². The summed E-state index contributed by atoms with van der Waals surface area (Å²) in [4.78, 5) is 0. The summed E-state index contributed by atoms with van der Waals surface area (Å²) < 4.78 is 17.1. The molecule has 1 heterocycles. The van der Waals surface area contributed by atoms with Crippen LogP contribution in [0.5, 0.6) is 17.2 Å². The normalized spacial score (nSPS) is 16.0. The number of fused-ring (bicyclic) bond motifs is 1. The van der Waals surface area contributed by atoms with Gasteiger partial charge in [-0.15, -0.1) is 0 Å². The molecule has 3 rings (SSSR count). The fourth-order valence-electron chi connectivity index (χ4n) is 2.03. The Balaban J connectivity index is 1.59. The number of ether oxygens (including phenoxy) is 3. The third-order valence-corrected chi connectivity index (χ3v) is 3.11. The number of rotatable bonds is 3. The van der Waals surface area contributed by atoms with Crippen molar-refractivity contribution in [3.63, 3.8) is 0 Å². The molecule has 0 aliphatic carbocycles. The maximum absolute atomic E-state index is 8.74. The Hall–Kier alpha value is -2.87. The largest absolute Gasteiger partial charge is 0.490 e. The van der Waals surface area contributed by atoms with Crippen LogP contribution in [0.25, 0.3) is 0 Å². The second-order valence-electron chi connectivity index (χ2n) is 4.70. The minimum absolute atomic E-state index is 0.184. The van der Waals surface area contributed by atoms with Gasteiger partial charge in [0.1, 0.15) is 19.0 Å². The molecule has 0 bridgehead atoms. The molecular weight excluding hydrogens is 268 g/mol. The molecule has 2 N–H and O–H groups in total. The molecule has 0 unspecified atom stereocenters. The van der Waals surface area contributed by atoms with Crippen LogP contribution in [0.1, 0.15) is 5.56 Å². The van der Waals surface area contributed by atoms with Gasteiger partial charge in [0.2, 0.25) is 0 Å². The summed E-state index contributed by atoms with van der Waals surface area (Å²) in [5, 5.41) is 8.74. The fourth-order valence-corrected chi connectivity index (χ4v) is 2.03. The molecule has 2 aromatic rings. The van der Waals surface area contributed by atoms with Gasteiger partial charge < -0.3 is 19.9 Å². The maximum Gasteiger partial charge on any atom is 0.166 e. The molecule has 1 atom stereocenters. The quantitative estimate of drug-likeness (QED) is 0.874. The second-order valence-corrected chi connectivity index (χ2v) is 4.70. The average molecular weight is 282 g/mol. The highest BCUT2D eigenvalue weighted by Crippen LogP contribution is 2.33. The van der Waals surface area contributed by atoms with Gasteiger partial charge in [-0.3, -0.25) is 0 Å². The zero-order valence-electron chi connectivity index (χ0n) is 11.3. The number of nitrogen functional groups attached to an aromatic ring is 1. The van der Waals surface area contributed by atoms with Crippen LogP contribution < -0.4 is 19.9 Å². The van der Waals surface area contributed by atoms with Crippen LogP contribution in [0.15, 0.2) is 42.5 Å². The zero-order valence-corrected chi connectivity index (χ0v) is 11.3. The lowest BCUT2D eigenvalue weighted by atomic mass is 10.2. The number of nitrogens with zero attached hydrogens (tertiary/aromatic N) is 1. The Labute approximate surface area is 122 Å². The Kier molecular flexibility index (Phi) is 3.52. The van der Waals surface area contributed by atoms with E-state index in [0.29, 0.717) is 41.7 Å². The van der Waals surface area contributed by atoms with E-state index in [9.17, 15) is 0 Å². The van der Waals surface area contributed by atoms with Crippen molar-refractivity contribution >= 4 is 5.69 Å². The van der Waals surface area contributed by atoms with E-state index in [1.165, 1.54) is 0 Å². The van der Waals surface area contributed by atoms with E-state index in [2.05, 4.69) is 6.07 Å². The molecule has 106 valence electrons. The van der Waals surface area contributed by atoms with Gasteiger partial charge in [0.25, 0.3) is 0 Å². The van der Waals surface area contributed by atoms with E-state index in [4.69, 9.17) is 25.2 Å². The summed E-state index contributed by atoms with van der Waals surface area (Å²) in [5.41, 5.74) is 6.94. The summed E-state index contributed by atoms with van der Waals surface area (Å²) in [7, 11) is 0. The minimum Gasteiger partial charge on any atom is -0.490 e. The average Bonchev–Trinajstić information content (AvgIpc) is 2.53. The first kappa shape index (κ1) is 13.1.